The van der Waals surface area contributed by atoms with Gasteiger partial charge in [0, 0.05) is 24.2 Å². The molecule has 0 aliphatic heterocycles. The number of amides is 1. The Balaban J connectivity index is 1.45. The van der Waals surface area contributed by atoms with Crippen molar-refractivity contribution in [3.8, 4) is 5.75 Å². The molecule has 0 aliphatic rings. The summed E-state index contributed by atoms with van der Waals surface area (Å²) in [6.07, 6.45) is 6.98. The van der Waals surface area contributed by atoms with Gasteiger partial charge in [0.1, 0.15) is 12.3 Å². The second kappa shape index (κ2) is 13.8. The van der Waals surface area contributed by atoms with Gasteiger partial charge in [-0.3, -0.25) is 14.6 Å². The second-order valence-electron chi connectivity index (χ2n) is 8.33. The highest BCUT2D eigenvalue weighted by Gasteiger charge is 2.21. The van der Waals surface area contributed by atoms with E-state index in [1.54, 1.807) is 6.20 Å². The first kappa shape index (κ1) is 25.0. The molecule has 0 aliphatic carbocycles. The zero-order valence-electron chi connectivity index (χ0n) is 19.4. The van der Waals surface area contributed by atoms with Gasteiger partial charge in [0.05, 0.1) is 6.61 Å². The van der Waals surface area contributed by atoms with E-state index >= 15 is 0 Å². The van der Waals surface area contributed by atoms with Crippen LogP contribution in [0.25, 0.3) is 0 Å². The van der Waals surface area contributed by atoms with Crippen LogP contribution in [0.4, 0.5) is 0 Å². The molecular formula is C28H32N2O4. The van der Waals surface area contributed by atoms with Gasteiger partial charge in [-0.15, -0.1) is 0 Å². The number of carboxylic acid groups (broad SMARTS) is 1. The standard InChI is InChI=1S/C28H32N2O4/c31-27(32)21-30-28(33)24(20-25-12-6-7-17-29-25)19-23-13-15-26(16-14-23)34-18-8-2-5-11-22-9-3-1-4-10-22/h1,3-4,6-7,9-10,12-17,24H,2,5,8,11,18-21H2,(H,30,33)(H,31,32). The lowest BCUT2D eigenvalue weighted by atomic mass is 9.93. The SMILES string of the molecule is O=C(O)CNC(=O)C(Cc1ccc(OCCCCCc2ccccc2)cc1)Cc1ccccn1. The number of aromatic nitrogens is 1. The molecule has 1 amide bonds. The van der Waals surface area contributed by atoms with Crippen molar-refractivity contribution in [1.82, 2.24) is 10.3 Å². The minimum atomic E-state index is -1.06. The zero-order valence-corrected chi connectivity index (χ0v) is 19.4. The summed E-state index contributed by atoms with van der Waals surface area (Å²) in [5.41, 5.74) is 3.16. The molecule has 0 saturated heterocycles. The van der Waals surface area contributed by atoms with E-state index in [9.17, 15) is 9.59 Å². The molecule has 3 aromatic rings. The van der Waals surface area contributed by atoms with Gasteiger partial charge in [-0.2, -0.15) is 0 Å². The lowest BCUT2D eigenvalue weighted by Crippen LogP contribution is -2.36. The fourth-order valence-electron chi connectivity index (χ4n) is 3.78. The molecule has 178 valence electrons. The van der Waals surface area contributed by atoms with Crippen molar-refractivity contribution in [1.29, 1.82) is 0 Å². The van der Waals surface area contributed by atoms with Crippen molar-refractivity contribution >= 4 is 11.9 Å². The number of nitrogens with zero attached hydrogens (tertiary/aromatic N) is 1. The summed E-state index contributed by atoms with van der Waals surface area (Å²) in [5.74, 6) is -0.954. The van der Waals surface area contributed by atoms with E-state index < -0.39 is 18.4 Å². The van der Waals surface area contributed by atoms with Gasteiger partial charge in [0.25, 0.3) is 0 Å². The molecule has 6 nitrogen and oxygen atoms in total. The average molecular weight is 461 g/mol. The molecule has 2 N–H and O–H groups in total. The van der Waals surface area contributed by atoms with Crippen molar-refractivity contribution in [2.24, 2.45) is 5.92 Å². The van der Waals surface area contributed by atoms with Crippen LogP contribution in [0.1, 0.15) is 36.1 Å². The van der Waals surface area contributed by atoms with Crippen LogP contribution < -0.4 is 10.1 Å². The molecule has 2 aromatic carbocycles. The topological polar surface area (TPSA) is 88.5 Å². The number of pyridine rings is 1. The van der Waals surface area contributed by atoms with E-state index in [2.05, 4.69) is 34.6 Å². The monoisotopic (exact) mass is 460 g/mol. The smallest absolute Gasteiger partial charge is 0.322 e. The normalized spacial score (nSPS) is 11.5. The fourth-order valence-corrected chi connectivity index (χ4v) is 3.78. The van der Waals surface area contributed by atoms with Crippen molar-refractivity contribution in [2.75, 3.05) is 13.2 Å². The van der Waals surface area contributed by atoms with Gasteiger partial charge in [-0.05, 0) is 67.5 Å². The molecule has 0 saturated carbocycles. The third kappa shape index (κ3) is 9.06. The summed E-state index contributed by atoms with van der Waals surface area (Å²) in [5, 5.41) is 11.4. The van der Waals surface area contributed by atoms with Crippen LogP contribution in [0.15, 0.2) is 79.0 Å². The largest absolute Gasteiger partial charge is 0.494 e. The maximum absolute atomic E-state index is 12.6. The van der Waals surface area contributed by atoms with Gasteiger partial charge in [-0.25, -0.2) is 0 Å². The Labute approximate surface area is 201 Å². The summed E-state index contributed by atoms with van der Waals surface area (Å²) in [4.78, 5) is 27.8. The lowest BCUT2D eigenvalue weighted by molar-refractivity contribution is -0.138. The highest BCUT2D eigenvalue weighted by molar-refractivity contribution is 5.83. The molecule has 34 heavy (non-hydrogen) atoms. The Hall–Kier alpha value is -3.67. The Morgan fingerprint density at radius 3 is 2.32 bits per heavy atom. The molecule has 3 rings (SSSR count). The number of hydrogen-bond donors (Lipinski definition) is 2. The van der Waals surface area contributed by atoms with Gasteiger partial charge in [0.2, 0.25) is 5.91 Å². The number of rotatable bonds is 14. The van der Waals surface area contributed by atoms with Gasteiger partial charge < -0.3 is 15.2 Å². The molecule has 0 bridgehead atoms. The Bertz CT molecular complexity index is 1010. The van der Waals surface area contributed by atoms with E-state index in [1.165, 1.54) is 5.56 Å². The second-order valence-corrected chi connectivity index (χ2v) is 8.33. The van der Waals surface area contributed by atoms with Gasteiger partial charge in [0.15, 0.2) is 0 Å². The summed E-state index contributed by atoms with van der Waals surface area (Å²) in [7, 11) is 0. The Morgan fingerprint density at radius 2 is 1.62 bits per heavy atom. The first-order chi connectivity index (χ1) is 16.6. The summed E-state index contributed by atoms with van der Waals surface area (Å²) >= 11 is 0. The highest BCUT2D eigenvalue weighted by Crippen LogP contribution is 2.18. The molecule has 0 radical (unpaired) electrons. The van der Waals surface area contributed by atoms with Crippen LogP contribution in [-0.2, 0) is 28.9 Å². The quantitative estimate of drug-likeness (QED) is 0.347. The number of carboxylic acids is 1. The average Bonchev–Trinajstić information content (AvgIpc) is 2.86. The zero-order chi connectivity index (χ0) is 24.0. The molecule has 1 atom stereocenters. The maximum Gasteiger partial charge on any atom is 0.322 e. The van der Waals surface area contributed by atoms with Crippen molar-refractivity contribution < 1.29 is 19.4 Å². The van der Waals surface area contributed by atoms with E-state index in [0.29, 0.717) is 19.4 Å². The van der Waals surface area contributed by atoms with E-state index in [0.717, 1.165) is 42.7 Å². The Morgan fingerprint density at radius 1 is 0.853 bits per heavy atom. The van der Waals surface area contributed by atoms with E-state index in [4.69, 9.17) is 9.84 Å². The van der Waals surface area contributed by atoms with E-state index in [1.807, 2.05) is 48.5 Å². The van der Waals surface area contributed by atoms with Gasteiger partial charge >= 0.3 is 5.97 Å². The van der Waals surface area contributed by atoms with Crippen LogP contribution >= 0.6 is 0 Å². The number of unbranched alkanes of at least 4 members (excludes halogenated alkanes) is 2. The lowest BCUT2D eigenvalue weighted by Gasteiger charge is -2.16. The number of hydrogen-bond acceptors (Lipinski definition) is 4. The predicted molar refractivity (Wildman–Crippen MR) is 132 cm³/mol. The van der Waals surface area contributed by atoms with Crippen LogP contribution in [-0.4, -0.2) is 35.1 Å². The molecule has 1 aromatic heterocycles. The van der Waals surface area contributed by atoms with Crippen LogP contribution in [0.5, 0.6) is 5.75 Å². The summed E-state index contributed by atoms with van der Waals surface area (Å²) in [6.45, 7) is 0.281. The minimum absolute atomic E-state index is 0.288. The third-order valence-corrected chi connectivity index (χ3v) is 5.59. The summed E-state index contributed by atoms with van der Waals surface area (Å²) in [6, 6.07) is 23.8. The van der Waals surface area contributed by atoms with Crippen LogP contribution in [0.2, 0.25) is 0 Å². The number of aryl methyl sites for hydroxylation is 1. The molecule has 0 fully saturated rings. The van der Waals surface area contributed by atoms with Crippen LogP contribution in [0.3, 0.4) is 0 Å². The summed E-state index contributed by atoms with van der Waals surface area (Å²) < 4.78 is 5.87. The number of carbonyl (C=O) groups excluding carboxylic acids is 1. The fraction of sp³-hybridized carbons (Fsp3) is 0.321. The number of nitrogens with one attached hydrogen (secondary N) is 1. The molecule has 1 unspecified atom stereocenters. The molecule has 6 heteroatoms. The van der Waals surface area contributed by atoms with Gasteiger partial charge in [-0.1, -0.05) is 48.5 Å². The number of benzene rings is 2. The first-order valence-corrected chi connectivity index (χ1v) is 11.8. The predicted octanol–water partition coefficient (Wildman–Crippen LogP) is 4.48. The molecule has 1 heterocycles. The third-order valence-electron chi connectivity index (χ3n) is 5.59. The van der Waals surface area contributed by atoms with Crippen LogP contribution in [0, 0.1) is 5.92 Å². The molecular weight excluding hydrogens is 428 g/mol. The first-order valence-electron chi connectivity index (χ1n) is 11.8. The molecule has 0 spiro atoms. The van der Waals surface area contributed by atoms with Crippen molar-refractivity contribution in [3.05, 3.63) is 95.8 Å². The maximum atomic E-state index is 12.6. The van der Waals surface area contributed by atoms with E-state index in [-0.39, 0.29) is 5.91 Å². The van der Waals surface area contributed by atoms with Crippen molar-refractivity contribution in [3.63, 3.8) is 0 Å². The highest BCUT2D eigenvalue weighted by atomic mass is 16.5. The number of aliphatic carboxylic acids is 1. The number of ether oxygens (including phenoxy) is 1. The minimum Gasteiger partial charge on any atom is -0.494 e. The Kier molecular flexibility index (Phi) is 10.1. The number of carbonyl (C=O) groups is 2. The van der Waals surface area contributed by atoms with Crippen molar-refractivity contribution in [2.45, 2.75) is 38.5 Å².